The summed E-state index contributed by atoms with van der Waals surface area (Å²) >= 11 is 0. The number of hydrogen-bond acceptors (Lipinski definition) is 1. The van der Waals surface area contributed by atoms with E-state index in [4.69, 9.17) is 0 Å². The molecule has 0 aliphatic heterocycles. The minimum absolute atomic E-state index is 0.367. The maximum Gasteiger partial charge on any atom is 0.124 e. The fourth-order valence-corrected chi connectivity index (χ4v) is 5.38. The van der Waals surface area contributed by atoms with Crippen molar-refractivity contribution in [2.75, 3.05) is 0 Å². The van der Waals surface area contributed by atoms with Crippen LogP contribution in [0.1, 0.15) is 20.3 Å². The van der Waals surface area contributed by atoms with E-state index < -0.39 is 13.3 Å². The molecule has 0 spiro atoms. The van der Waals surface area contributed by atoms with E-state index in [2.05, 4.69) is 19.7 Å². The molecule has 0 aromatic heterocycles. The van der Waals surface area contributed by atoms with E-state index in [1.54, 1.807) is 0 Å². The lowest BCUT2D eigenvalue weighted by Crippen LogP contribution is -2.29. The molecule has 0 aliphatic carbocycles. The fourth-order valence-electron chi connectivity index (χ4n) is 1.54. The second-order valence-electron chi connectivity index (χ2n) is 4.74. The molecule has 0 aromatic rings. The zero-order valence-corrected chi connectivity index (χ0v) is 12.5. The molecule has 0 saturated carbocycles. The first-order chi connectivity index (χ1) is 6.89. The van der Waals surface area contributed by atoms with E-state index in [0.29, 0.717) is 0 Å². The van der Waals surface area contributed by atoms with Crippen LogP contribution in [0, 0.1) is 0 Å². The first-order valence-corrected chi connectivity index (χ1v) is 9.67. The smallest absolute Gasteiger partial charge is 0.124 e. The molecule has 0 rings (SSSR count). The van der Waals surface area contributed by atoms with E-state index in [9.17, 15) is 5.11 Å². The molecule has 0 radical (unpaired) electrons. The standard InChI is InChI=1S/C12H24OSi2/c1-6-15(7-2,8-3)11-9-10-14-12(4,5)13/h6-8,13H,1-3,9-11,14H2,4-5H3. The summed E-state index contributed by atoms with van der Waals surface area (Å²) in [6, 6.07) is 2.33. The van der Waals surface area contributed by atoms with Crippen molar-refractivity contribution in [3.8, 4) is 0 Å². The molecule has 3 heteroatoms. The molecule has 0 unspecified atom stereocenters. The zero-order valence-electron chi connectivity index (χ0n) is 10.1. The summed E-state index contributed by atoms with van der Waals surface area (Å²) in [6.45, 7) is 15.5. The van der Waals surface area contributed by atoms with Gasteiger partial charge in [-0.2, -0.15) is 0 Å². The number of hydrogen-bond donors (Lipinski definition) is 1. The maximum atomic E-state index is 9.63. The van der Waals surface area contributed by atoms with Crippen LogP contribution in [-0.4, -0.2) is 27.9 Å². The Morgan fingerprint density at radius 2 is 1.67 bits per heavy atom. The Balaban J connectivity index is 3.98. The van der Waals surface area contributed by atoms with Crippen LogP contribution in [0.25, 0.3) is 0 Å². The number of aliphatic hydroxyl groups is 1. The minimum atomic E-state index is -1.58. The lowest BCUT2D eigenvalue weighted by Gasteiger charge is -2.21. The third-order valence-electron chi connectivity index (χ3n) is 2.79. The molecule has 0 atom stereocenters. The highest BCUT2D eigenvalue weighted by molar-refractivity contribution is 6.93. The Bertz CT molecular complexity index is 206. The highest BCUT2D eigenvalue weighted by Crippen LogP contribution is 2.18. The minimum Gasteiger partial charge on any atom is -0.395 e. The van der Waals surface area contributed by atoms with Gasteiger partial charge in [-0.1, -0.05) is 29.6 Å². The van der Waals surface area contributed by atoms with Gasteiger partial charge in [0.1, 0.15) is 8.07 Å². The van der Waals surface area contributed by atoms with Crippen molar-refractivity contribution in [2.45, 2.75) is 37.6 Å². The lowest BCUT2D eigenvalue weighted by atomic mass is 10.5. The Morgan fingerprint density at radius 3 is 2.00 bits per heavy atom. The zero-order chi connectivity index (χ0) is 11.9. The summed E-state index contributed by atoms with van der Waals surface area (Å²) in [5.41, 5.74) is 6.12. The summed E-state index contributed by atoms with van der Waals surface area (Å²) in [5, 5.41) is 9.23. The summed E-state index contributed by atoms with van der Waals surface area (Å²) in [7, 11) is -1.95. The van der Waals surface area contributed by atoms with Gasteiger partial charge in [-0.3, -0.25) is 0 Å². The van der Waals surface area contributed by atoms with Crippen molar-refractivity contribution in [3.05, 3.63) is 36.8 Å². The Labute approximate surface area is 97.4 Å². The van der Waals surface area contributed by atoms with Crippen LogP contribution < -0.4 is 0 Å². The molecule has 0 aromatic carbocycles. The molecule has 0 aliphatic rings. The molecule has 1 nitrogen and oxygen atoms in total. The molecule has 0 saturated heterocycles. The summed E-state index contributed by atoms with van der Waals surface area (Å²) in [6.07, 6.45) is 1.17. The van der Waals surface area contributed by atoms with Crippen LogP contribution in [0.2, 0.25) is 12.1 Å². The Morgan fingerprint density at radius 1 is 1.20 bits per heavy atom. The van der Waals surface area contributed by atoms with E-state index in [-0.39, 0.29) is 9.52 Å². The van der Waals surface area contributed by atoms with Gasteiger partial charge in [0.25, 0.3) is 0 Å². The molecule has 86 valence electrons. The van der Waals surface area contributed by atoms with Gasteiger partial charge in [-0.05, 0) is 19.9 Å². The third-order valence-corrected chi connectivity index (χ3v) is 8.37. The normalized spacial score (nSPS) is 13.0. The van der Waals surface area contributed by atoms with Crippen molar-refractivity contribution in [1.82, 2.24) is 0 Å². The summed E-state index contributed by atoms with van der Waals surface area (Å²) < 4.78 is 0. The Hall–Kier alpha value is -0.386. The van der Waals surface area contributed by atoms with Crippen molar-refractivity contribution in [2.24, 2.45) is 0 Å². The van der Waals surface area contributed by atoms with Gasteiger partial charge in [0.15, 0.2) is 0 Å². The quantitative estimate of drug-likeness (QED) is 0.510. The summed E-state index contributed by atoms with van der Waals surface area (Å²) in [5.74, 6) is 0. The van der Waals surface area contributed by atoms with Crippen LogP contribution in [0.15, 0.2) is 36.8 Å². The topological polar surface area (TPSA) is 20.2 Å². The van der Waals surface area contributed by atoms with E-state index in [1.807, 2.05) is 30.9 Å². The predicted molar refractivity (Wildman–Crippen MR) is 75.4 cm³/mol. The SMILES string of the molecule is C=C[Si](C=C)(C=C)CCC[SiH2]C(C)(C)O. The molecule has 1 N–H and O–H groups in total. The Kier molecular flexibility index (Phi) is 6.09. The molecular formula is C12H24OSi2. The van der Waals surface area contributed by atoms with Crippen LogP contribution >= 0.6 is 0 Å². The van der Waals surface area contributed by atoms with Crippen LogP contribution in [0.5, 0.6) is 0 Å². The van der Waals surface area contributed by atoms with E-state index >= 15 is 0 Å². The van der Waals surface area contributed by atoms with Gasteiger partial charge in [-0.15, -0.1) is 19.7 Å². The van der Waals surface area contributed by atoms with Crippen LogP contribution in [0.3, 0.4) is 0 Å². The largest absolute Gasteiger partial charge is 0.395 e. The first-order valence-electron chi connectivity index (χ1n) is 5.52. The fraction of sp³-hybridized carbons (Fsp3) is 0.500. The van der Waals surface area contributed by atoms with Crippen molar-refractivity contribution >= 4 is 17.6 Å². The van der Waals surface area contributed by atoms with Gasteiger partial charge in [-0.25, -0.2) is 0 Å². The molecule has 0 amide bonds. The monoisotopic (exact) mass is 240 g/mol. The van der Waals surface area contributed by atoms with Crippen LogP contribution in [0.4, 0.5) is 0 Å². The van der Waals surface area contributed by atoms with Gasteiger partial charge in [0, 0.05) is 5.22 Å². The van der Waals surface area contributed by atoms with Crippen LogP contribution in [-0.2, 0) is 0 Å². The average molecular weight is 240 g/mol. The molecular weight excluding hydrogens is 216 g/mol. The summed E-state index contributed by atoms with van der Waals surface area (Å²) in [4.78, 5) is 0. The second kappa shape index (κ2) is 6.25. The first kappa shape index (κ1) is 14.6. The molecule has 0 bridgehead atoms. The maximum absolute atomic E-state index is 9.63. The van der Waals surface area contributed by atoms with Crippen molar-refractivity contribution < 1.29 is 5.11 Å². The highest BCUT2D eigenvalue weighted by Gasteiger charge is 2.21. The van der Waals surface area contributed by atoms with Gasteiger partial charge in [0.2, 0.25) is 0 Å². The van der Waals surface area contributed by atoms with Crippen molar-refractivity contribution in [1.29, 1.82) is 0 Å². The number of rotatable bonds is 8. The van der Waals surface area contributed by atoms with Gasteiger partial charge < -0.3 is 5.11 Å². The predicted octanol–water partition coefficient (Wildman–Crippen LogP) is 2.32. The molecule has 15 heavy (non-hydrogen) atoms. The highest BCUT2D eigenvalue weighted by atomic mass is 28.3. The lowest BCUT2D eigenvalue weighted by molar-refractivity contribution is 0.165. The van der Waals surface area contributed by atoms with Gasteiger partial charge in [0.05, 0.1) is 9.52 Å². The average Bonchev–Trinajstić information content (AvgIpc) is 2.18. The van der Waals surface area contributed by atoms with Gasteiger partial charge >= 0.3 is 0 Å². The third kappa shape index (κ3) is 5.92. The molecule has 0 heterocycles. The van der Waals surface area contributed by atoms with E-state index in [1.165, 1.54) is 12.5 Å². The second-order valence-corrected chi connectivity index (χ2v) is 11.6. The van der Waals surface area contributed by atoms with Crippen molar-refractivity contribution in [3.63, 3.8) is 0 Å². The molecule has 0 fully saturated rings. The van der Waals surface area contributed by atoms with E-state index in [0.717, 1.165) is 6.04 Å².